The first-order valence-corrected chi connectivity index (χ1v) is 6.37. The van der Waals surface area contributed by atoms with Gasteiger partial charge in [0.1, 0.15) is 12.4 Å². The van der Waals surface area contributed by atoms with Gasteiger partial charge >= 0.3 is 0 Å². The smallest absolute Gasteiger partial charge is 0.252 e. The van der Waals surface area contributed by atoms with Crippen molar-refractivity contribution in [2.75, 3.05) is 0 Å². The predicted octanol–water partition coefficient (Wildman–Crippen LogP) is 4.00. The number of carbonyl (C=O) groups is 1. The van der Waals surface area contributed by atoms with E-state index in [-0.39, 0.29) is 6.61 Å². The van der Waals surface area contributed by atoms with Crippen LogP contribution in [-0.2, 0) is 6.61 Å². The minimum Gasteiger partial charge on any atom is -0.487 e. The molecule has 2 rings (SSSR count). The Kier molecular flexibility index (Phi) is 4.40. The summed E-state index contributed by atoms with van der Waals surface area (Å²) in [5.74, 6) is 0.649. The van der Waals surface area contributed by atoms with Gasteiger partial charge in [-0.25, -0.2) is 0 Å². The van der Waals surface area contributed by atoms with Gasteiger partial charge in [0.15, 0.2) is 0 Å². The predicted molar refractivity (Wildman–Crippen MR) is 74.9 cm³/mol. The quantitative estimate of drug-likeness (QED) is 0.800. The topological polar surface area (TPSA) is 39.2 Å². The lowest BCUT2D eigenvalue weighted by Gasteiger charge is -2.11. The zero-order chi connectivity index (χ0) is 13.8. The van der Waals surface area contributed by atoms with Crippen LogP contribution < -0.4 is 4.74 Å². The summed E-state index contributed by atoms with van der Waals surface area (Å²) in [6.07, 6.45) is 1.69. The molecule has 2 aromatic rings. The number of aryl methyl sites for hydroxylation is 1. The highest BCUT2D eigenvalue weighted by molar-refractivity contribution is 6.68. The van der Waals surface area contributed by atoms with Crippen molar-refractivity contribution < 1.29 is 9.53 Å². The van der Waals surface area contributed by atoms with Crippen molar-refractivity contribution in [1.82, 2.24) is 4.98 Å². The second-order valence-electron chi connectivity index (χ2n) is 3.92. The summed E-state index contributed by atoms with van der Waals surface area (Å²) in [6, 6.07) is 8.58. The second kappa shape index (κ2) is 6.04. The van der Waals surface area contributed by atoms with Crippen molar-refractivity contribution in [2.45, 2.75) is 13.5 Å². The lowest BCUT2D eigenvalue weighted by Crippen LogP contribution is -2.04. The van der Waals surface area contributed by atoms with Crippen LogP contribution in [0, 0.1) is 6.92 Å². The summed E-state index contributed by atoms with van der Waals surface area (Å²) in [6.45, 7) is 2.01. The Bertz CT molecular complexity index is 614. The van der Waals surface area contributed by atoms with Gasteiger partial charge in [-0.15, -0.1) is 0 Å². The minimum atomic E-state index is -0.552. The third-order valence-electron chi connectivity index (χ3n) is 2.66. The van der Waals surface area contributed by atoms with Gasteiger partial charge in [0.05, 0.1) is 5.69 Å². The summed E-state index contributed by atoms with van der Waals surface area (Å²) in [5.41, 5.74) is 1.71. The maximum absolute atomic E-state index is 11.3. The maximum Gasteiger partial charge on any atom is 0.252 e. The molecule has 19 heavy (non-hydrogen) atoms. The van der Waals surface area contributed by atoms with Crippen molar-refractivity contribution in [2.24, 2.45) is 0 Å². The molecule has 0 saturated heterocycles. The van der Waals surface area contributed by atoms with Gasteiger partial charge < -0.3 is 4.74 Å². The number of nitrogens with zero attached hydrogens (tertiary/aromatic N) is 1. The van der Waals surface area contributed by atoms with Crippen LogP contribution in [0.15, 0.2) is 36.5 Å². The van der Waals surface area contributed by atoms with Crippen molar-refractivity contribution in [3.8, 4) is 5.75 Å². The van der Waals surface area contributed by atoms with E-state index in [0.717, 1.165) is 5.69 Å². The molecular weight excluding hydrogens is 285 g/mol. The number of aromatic nitrogens is 1. The Morgan fingerprint density at radius 2 is 2.11 bits per heavy atom. The normalized spacial score (nSPS) is 10.3. The fourth-order valence-electron chi connectivity index (χ4n) is 1.66. The molecule has 0 bridgehead atoms. The summed E-state index contributed by atoms with van der Waals surface area (Å²) in [5, 5.41) is -0.1000. The maximum atomic E-state index is 11.3. The number of benzene rings is 1. The number of halogens is 2. The van der Waals surface area contributed by atoms with E-state index in [1.54, 1.807) is 36.5 Å². The highest BCUT2D eigenvalue weighted by Crippen LogP contribution is 2.24. The standard InChI is InChI=1S/C14H11Cl2NO2/c1-9-13(6-3-7-17-9)19-8-11-10(14(16)18)4-2-5-12(11)15/h2-7H,8H2,1H3. The van der Waals surface area contributed by atoms with E-state index in [0.29, 0.717) is 21.9 Å². The number of carbonyl (C=O) groups excluding carboxylic acids is 1. The van der Waals surface area contributed by atoms with Crippen molar-refractivity contribution in [1.29, 1.82) is 0 Å². The molecule has 0 aliphatic carbocycles. The first-order valence-electron chi connectivity index (χ1n) is 5.61. The van der Waals surface area contributed by atoms with Gasteiger partial charge in [0.2, 0.25) is 0 Å². The summed E-state index contributed by atoms with van der Waals surface area (Å²) in [7, 11) is 0. The van der Waals surface area contributed by atoms with Crippen LogP contribution in [0.5, 0.6) is 5.75 Å². The Morgan fingerprint density at radius 1 is 1.32 bits per heavy atom. The van der Waals surface area contributed by atoms with Crippen molar-refractivity contribution in [3.63, 3.8) is 0 Å². The summed E-state index contributed by atoms with van der Waals surface area (Å²) >= 11 is 11.6. The molecule has 0 unspecified atom stereocenters. The van der Waals surface area contributed by atoms with Gasteiger partial charge in [0.25, 0.3) is 5.24 Å². The largest absolute Gasteiger partial charge is 0.487 e. The van der Waals surface area contributed by atoms with Crippen LogP contribution in [0.2, 0.25) is 5.02 Å². The fourth-order valence-corrected chi connectivity index (χ4v) is 2.07. The van der Waals surface area contributed by atoms with E-state index in [2.05, 4.69) is 4.98 Å². The van der Waals surface area contributed by atoms with Crippen LogP contribution >= 0.6 is 23.2 Å². The Hall–Kier alpha value is -1.58. The second-order valence-corrected chi connectivity index (χ2v) is 4.67. The molecule has 1 aromatic carbocycles. The van der Waals surface area contributed by atoms with Gasteiger partial charge in [-0.1, -0.05) is 17.7 Å². The zero-order valence-electron chi connectivity index (χ0n) is 10.2. The fraction of sp³-hybridized carbons (Fsp3) is 0.143. The molecule has 0 N–H and O–H groups in total. The highest BCUT2D eigenvalue weighted by Gasteiger charge is 2.13. The van der Waals surface area contributed by atoms with Crippen molar-refractivity contribution in [3.05, 3.63) is 58.4 Å². The first kappa shape index (κ1) is 13.8. The third kappa shape index (κ3) is 3.25. The van der Waals surface area contributed by atoms with Gasteiger partial charge in [-0.05, 0) is 42.8 Å². The van der Waals surface area contributed by atoms with Crippen LogP contribution in [-0.4, -0.2) is 10.2 Å². The molecule has 1 aromatic heterocycles. The Labute approximate surface area is 121 Å². The molecule has 1 heterocycles. The van der Waals surface area contributed by atoms with E-state index in [1.807, 2.05) is 6.92 Å². The molecule has 0 atom stereocenters. The van der Waals surface area contributed by atoms with Crippen LogP contribution in [0.3, 0.4) is 0 Å². The lowest BCUT2D eigenvalue weighted by atomic mass is 10.1. The number of rotatable bonds is 4. The van der Waals surface area contributed by atoms with E-state index < -0.39 is 5.24 Å². The molecule has 0 radical (unpaired) electrons. The average molecular weight is 296 g/mol. The number of ether oxygens (including phenoxy) is 1. The Morgan fingerprint density at radius 3 is 2.79 bits per heavy atom. The summed E-state index contributed by atoms with van der Waals surface area (Å²) in [4.78, 5) is 15.5. The van der Waals surface area contributed by atoms with E-state index in [4.69, 9.17) is 27.9 Å². The molecule has 0 saturated carbocycles. The molecule has 0 aliphatic rings. The SMILES string of the molecule is Cc1ncccc1OCc1c(Cl)cccc1C(=O)Cl. The minimum absolute atomic E-state index is 0.167. The average Bonchev–Trinajstić information content (AvgIpc) is 2.38. The molecule has 5 heteroatoms. The molecule has 98 valence electrons. The summed E-state index contributed by atoms with van der Waals surface area (Å²) < 4.78 is 5.64. The van der Waals surface area contributed by atoms with Gasteiger partial charge in [-0.3, -0.25) is 9.78 Å². The monoisotopic (exact) mass is 295 g/mol. The molecule has 3 nitrogen and oxygen atoms in total. The van der Waals surface area contributed by atoms with Gasteiger partial charge in [0, 0.05) is 22.3 Å². The Balaban J connectivity index is 2.25. The highest BCUT2D eigenvalue weighted by atomic mass is 35.5. The number of hydrogen-bond acceptors (Lipinski definition) is 3. The van der Waals surface area contributed by atoms with E-state index in [1.165, 1.54) is 0 Å². The molecule has 0 amide bonds. The van der Waals surface area contributed by atoms with Gasteiger partial charge in [-0.2, -0.15) is 0 Å². The van der Waals surface area contributed by atoms with E-state index in [9.17, 15) is 4.79 Å². The molecule has 0 aliphatic heterocycles. The number of pyridine rings is 1. The van der Waals surface area contributed by atoms with E-state index >= 15 is 0 Å². The molecule has 0 fully saturated rings. The zero-order valence-corrected chi connectivity index (χ0v) is 11.7. The molecule has 0 spiro atoms. The number of hydrogen-bond donors (Lipinski definition) is 0. The van der Waals surface area contributed by atoms with Crippen molar-refractivity contribution >= 4 is 28.4 Å². The third-order valence-corrected chi connectivity index (χ3v) is 3.22. The van der Waals surface area contributed by atoms with Crippen LogP contribution in [0.1, 0.15) is 21.6 Å². The van der Waals surface area contributed by atoms with Crippen LogP contribution in [0.4, 0.5) is 0 Å². The lowest BCUT2D eigenvalue weighted by molar-refractivity contribution is 0.107. The van der Waals surface area contributed by atoms with Crippen LogP contribution in [0.25, 0.3) is 0 Å². The first-order chi connectivity index (χ1) is 9.09. The molecular formula is C14H11Cl2NO2.